The lowest BCUT2D eigenvalue weighted by molar-refractivity contribution is 0.236. The molecule has 4 heteroatoms. The largest absolute Gasteiger partial charge is 0.337 e. The summed E-state index contributed by atoms with van der Waals surface area (Å²) in [5, 5.41) is 2.92. The van der Waals surface area contributed by atoms with Gasteiger partial charge in [-0.25, -0.2) is 4.79 Å². The van der Waals surface area contributed by atoms with Crippen LogP contribution in [0.25, 0.3) is 0 Å². The van der Waals surface area contributed by atoms with Crippen molar-refractivity contribution in [1.29, 1.82) is 0 Å². The van der Waals surface area contributed by atoms with E-state index in [4.69, 9.17) is 5.73 Å². The third-order valence-corrected chi connectivity index (χ3v) is 3.21. The van der Waals surface area contributed by atoms with E-state index in [0.717, 1.165) is 30.8 Å². The summed E-state index contributed by atoms with van der Waals surface area (Å²) in [5.41, 5.74) is 7.69. The molecule has 0 saturated carbocycles. The molecule has 0 radical (unpaired) electrons. The SMILES string of the molecule is Cc1ccccc1N1CC(CCN)CNC1=O. The first-order chi connectivity index (χ1) is 8.22. The minimum atomic E-state index is -0.00688. The lowest BCUT2D eigenvalue weighted by atomic mass is 10.0. The van der Waals surface area contributed by atoms with Crippen molar-refractivity contribution in [3.05, 3.63) is 29.8 Å². The maximum atomic E-state index is 11.9. The van der Waals surface area contributed by atoms with Crippen molar-refractivity contribution in [2.24, 2.45) is 11.7 Å². The molecule has 4 nitrogen and oxygen atoms in total. The predicted molar refractivity (Wildman–Crippen MR) is 69.1 cm³/mol. The summed E-state index contributed by atoms with van der Waals surface area (Å²) in [5.74, 6) is 0.442. The third kappa shape index (κ3) is 2.58. The number of hydrogen-bond acceptors (Lipinski definition) is 2. The molecule has 1 unspecified atom stereocenters. The number of urea groups is 1. The van der Waals surface area contributed by atoms with E-state index in [2.05, 4.69) is 5.32 Å². The Morgan fingerprint density at radius 2 is 2.24 bits per heavy atom. The van der Waals surface area contributed by atoms with Gasteiger partial charge in [0.05, 0.1) is 0 Å². The number of amides is 2. The Morgan fingerprint density at radius 3 is 2.94 bits per heavy atom. The van der Waals surface area contributed by atoms with Gasteiger partial charge in [0.25, 0.3) is 0 Å². The highest BCUT2D eigenvalue weighted by Crippen LogP contribution is 2.23. The molecule has 2 rings (SSSR count). The minimum Gasteiger partial charge on any atom is -0.337 e. The molecule has 1 heterocycles. The number of nitrogens with zero attached hydrogens (tertiary/aromatic N) is 1. The van der Waals surface area contributed by atoms with Gasteiger partial charge in [-0.15, -0.1) is 0 Å². The second-order valence-electron chi connectivity index (χ2n) is 4.53. The standard InChI is InChI=1S/C13H19N3O/c1-10-4-2-3-5-12(10)16-9-11(6-7-14)8-15-13(16)17/h2-5,11H,6-9,14H2,1H3,(H,15,17). The number of nitrogens with one attached hydrogen (secondary N) is 1. The second-order valence-corrected chi connectivity index (χ2v) is 4.53. The normalized spacial score (nSPS) is 20.2. The van der Waals surface area contributed by atoms with Crippen molar-refractivity contribution in [3.63, 3.8) is 0 Å². The zero-order chi connectivity index (χ0) is 12.3. The Hall–Kier alpha value is -1.55. The van der Waals surface area contributed by atoms with Crippen molar-refractivity contribution in [2.75, 3.05) is 24.5 Å². The first kappa shape index (κ1) is 11.9. The van der Waals surface area contributed by atoms with Crippen LogP contribution in [0.2, 0.25) is 0 Å². The van der Waals surface area contributed by atoms with E-state index in [1.54, 1.807) is 0 Å². The van der Waals surface area contributed by atoms with Crippen LogP contribution in [0, 0.1) is 12.8 Å². The van der Waals surface area contributed by atoms with Crippen molar-refractivity contribution < 1.29 is 4.79 Å². The lowest BCUT2D eigenvalue weighted by Crippen LogP contribution is -2.51. The Bertz CT molecular complexity index is 405. The Kier molecular flexibility index (Phi) is 3.64. The van der Waals surface area contributed by atoms with Gasteiger partial charge in [0, 0.05) is 18.8 Å². The molecule has 1 saturated heterocycles. The summed E-state index contributed by atoms with van der Waals surface area (Å²) in [4.78, 5) is 13.7. The van der Waals surface area contributed by atoms with Gasteiger partial charge in [-0.3, -0.25) is 4.90 Å². The molecule has 2 amide bonds. The van der Waals surface area contributed by atoms with Crippen molar-refractivity contribution in [2.45, 2.75) is 13.3 Å². The molecule has 1 aromatic rings. The van der Waals surface area contributed by atoms with Crippen LogP contribution in [0.15, 0.2) is 24.3 Å². The summed E-state index contributed by atoms with van der Waals surface area (Å²) >= 11 is 0. The number of carbonyl (C=O) groups is 1. The molecule has 92 valence electrons. The van der Waals surface area contributed by atoms with E-state index >= 15 is 0 Å². The molecule has 0 bridgehead atoms. The van der Waals surface area contributed by atoms with Gasteiger partial charge in [0.2, 0.25) is 0 Å². The quantitative estimate of drug-likeness (QED) is 0.831. The number of nitrogens with two attached hydrogens (primary N) is 1. The average molecular weight is 233 g/mol. The van der Waals surface area contributed by atoms with Crippen molar-refractivity contribution in [3.8, 4) is 0 Å². The highest BCUT2D eigenvalue weighted by Gasteiger charge is 2.26. The molecular formula is C13H19N3O. The average Bonchev–Trinajstić information content (AvgIpc) is 2.33. The molecule has 1 aliphatic rings. The zero-order valence-corrected chi connectivity index (χ0v) is 10.1. The van der Waals surface area contributed by atoms with Crippen LogP contribution in [0.5, 0.6) is 0 Å². The first-order valence-corrected chi connectivity index (χ1v) is 6.03. The van der Waals surface area contributed by atoms with Crippen LogP contribution < -0.4 is 16.0 Å². The van der Waals surface area contributed by atoms with Crippen LogP contribution in [0.4, 0.5) is 10.5 Å². The van der Waals surface area contributed by atoms with Gasteiger partial charge < -0.3 is 11.1 Å². The van der Waals surface area contributed by atoms with Gasteiger partial charge in [0.15, 0.2) is 0 Å². The fourth-order valence-corrected chi connectivity index (χ4v) is 2.24. The fourth-order valence-electron chi connectivity index (χ4n) is 2.24. The second kappa shape index (κ2) is 5.19. The molecule has 0 aromatic heterocycles. The maximum Gasteiger partial charge on any atom is 0.321 e. The molecule has 0 aliphatic carbocycles. The summed E-state index contributed by atoms with van der Waals surface area (Å²) in [6.07, 6.45) is 0.947. The maximum absolute atomic E-state index is 11.9. The van der Waals surface area contributed by atoms with Gasteiger partial charge >= 0.3 is 6.03 Å². The van der Waals surface area contributed by atoms with Crippen LogP contribution in [-0.4, -0.2) is 25.7 Å². The molecule has 1 aromatic carbocycles. The molecule has 17 heavy (non-hydrogen) atoms. The summed E-state index contributed by atoms with van der Waals surface area (Å²) in [6, 6.07) is 7.95. The number of carbonyl (C=O) groups excluding carboxylic acids is 1. The molecule has 3 N–H and O–H groups in total. The summed E-state index contributed by atoms with van der Waals surface area (Å²) < 4.78 is 0. The topological polar surface area (TPSA) is 58.4 Å². The molecule has 1 atom stereocenters. The van der Waals surface area contributed by atoms with Crippen LogP contribution in [-0.2, 0) is 0 Å². The number of hydrogen-bond donors (Lipinski definition) is 2. The lowest BCUT2D eigenvalue weighted by Gasteiger charge is -2.34. The molecule has 1 fully saturated rings. The van der Waals surface area contributed by atoms with Crippen molar-refractivity contribution >= 4 is 11.7 Å². The summed E-state index contributed by atoms with van der Waals surface area (Å²) in [7, 11) is 0. The van der Waals surface area contributed by atoms with Crippen molar-refractivity contribution in [1.82, 2.24) is 5.32 Å². The molecule has 1 aliphatic heterocycles. The molecular weight excluding hydrogens is 214 g/mol. The van der Waals surface area contributed by atoms with E-state index in [1.807, 2.05) is 36.1 Å². The van der Waals surface area contributed by atoms with Crippen LogP contribution in [0.3, 0.4) is 0 Å². The van der Waals surface area contributed by atoms with Gasteiger partial charge in [-0.05, 0) is 37.4 Å². The Balaban J connectivity index is 2.18. The van der Waals surface area contributed by atoms with Gasteiger partial charge in [-0.1, -0.05) is 18.2 Å². The molecule has 0 spiro atoms. The predicted octanol–water partition coefficient (Wildman–Crippen LogP) is 1.49. The monoisotopic (exact) mass is 233 g/mol. The van der Waals surface area contributed by atoms with E-state index in [0.29, 0.717) is 12.5 Å². The number of aryl methyl sites for hydroxylation is 1. The number of rotatable bonds is 3. The zero-order valence-electron chi connectivity index (χ0n) is 10.1. The van der Waals surface area contributed by atoms with Gasteiger partial charge in [0.1, 0.15) is 0 Å². The summed E-state index contributed by atoms with van der Waals surface area (Å²) in [6.45, 7) is 4.18. The first-order valence-electron chi connectivity index (χ1n) is 6.03. The Labute approximate surface area is 102 Å². The van der Waals surface area contributed by atoms with Crippen LogP contribution >= 0.6 is 0 Å². The highest BCUT2D eigenvalue weighted by molar-refractivity contribution is 5.93. The van der Waals surface area contributed by atoms with E-state index in [1.165, 1.54) is 0 Å². The van der Waals surface area contributed by atoms with Crippen LogP contribution in [0.1, 0.15) is 12.0 Å². The smallest absolute Gasteiger partial charge is 0.321 e. The number of anilines is 1. The number of benzene rings is 1. The Morgan fingerprint density at radius 1 is 1.47 bits per heavy atom. The minimum absolute atomic E-state index is 0.00688. The fraction of sp³-hybridized carbons (Fsp3) is 0.462. The van der Waals surface area contributed by atoms with Gasteiger partial charge in [-0.2, -0.15) is 0 Å². The van der Waals surface area contributed by atoms with E-state index in [9.17, 15) is 4.79 Å². The third-order valence-electron chi connectivity index (χ3n) is 3.21. The van der Waals surface area contributed by atoms with E-state index in [-0.39, 0.29) is 6.03 Å². The highest BCUT2D eigenvalue weighted by atomic mass is 16.2. The van der Waals surface area contributed by atoms with E-state index < -0.39 is 0 Å². The number of para-hydroxylation sites is 1.